The van der Waals surface area contributed by atoms with Gasteiger partial charge >= 0.3 is 0 Å². The second-order valence-electron chi connectivity index (χ2n) is 5.07. The smallest absolute Gasteiger partial charge is 0.280 e. The lowest BCUT2D eigenvalue weighted by Gasteiger charge is -2.31. The van der Waals surface area contributed by atoms with Gasteiger partial charge in [0.15, 0.2) is 11.2 Å². The van der Waals surface area contributed by atoms with E-state index in [0.29, 0.717) is 11.2 Å². The summed E-state index contributed by atoms with van der Waals surface area (Å²) in [4.78, 5) is 22.5. The third kappa shape index (κ3) is 1.99. The van der Waals surface area contributed by atoms with Crippen LogP contribution in [0.3, 0.4) is 0 Å². The normalized spacial score (nSPS) is 23.8. The number of hydrogen-bond acceptors (Lipinski definition) is 5. The fourth-order valence-corrected chi connectivity index (χ4v) is 2.95. The zero-order chi connectivity index (χ0) is 13.4. The topological polar surface area (TPSA) is 110 Å². The molecule has 0 radical (unpaired) electrons. The third-order valence-corrected chi connectivity index (χ3v) is 3.91. The average Bonchev–Trinajstić information content (AvgIpc) is 2.82. The van der Waals surface area contributed by atoms with Crippen molar-refractivity contribution in [1.82, 2.24) is 19.5 Å². The van der Waals surface area contributed by atoms with Crippen LogP contribution in [-0.2, 0) is 0 Å². The second kappa shape index (κ2) is 4.65. The third-order valence-electron chi connectivity index (χ3n) is 3.91. The Hall–Kier alpha value is -1.89. The summed E-state index contributed by atoms with van der Waals surface area (Å²) in [7, 11) is 0. The van der Waals surface area contributed by atoms with Crippen molar-refractivity contribution >= 4 is 17.1 Å². The highest BCUT2D eigenvalue weighted by molar-refractivity contribution is 5.70. The molecule has 0 amide bonds. The molecule has 2 heterocycles. The number of hydrogen-bond donors (Lipinski definition) is 3. The summed E-state index contributed by atoms with van der Waals surface area (Å²) < 4.78 is 1.89. The lowest BCUT2D eigenvalue weighted by molar-refractivity contribution is 0.140. The van der Waals surface area contributed by atoms with Crippen LogP contribution in [0, 0.1) is 5.92 Å². The van der Waals surface area contributed by atoms with E-state index in [0.717, 1.165) is 25.7 Å². The molecule has 1 fully saturated rings. The molecular formula is C12H17N5O2. The minimum atomic E-state index is -0.322. The number of imidazole rings is 1. The van der Waals surface area contributed by atoms with E-state index >= 15 is 0 Å². The van der Waals surface area contributed by atoms with Gasteiger partial charge in [-0.15, -0.1) is 0 Å². The Labute approximate surface area is 109 Å². The Balaban J connectivity index is 2.12. The molecule has 2 atom stereocenters. The van der Waals surface area contributed by atoms with Gasteiger partial charge in [0.1, 0.15) is 0 Å². The van der Waals surface area contributed by atoms with Crippen LogP contribution in [0.4, 0.5) is 5.95 Å². The summed E-state index contributed by atoms with van der Waals surface area (Å²) in [5.74, 6) is 0.282. The van der Waals surface area contributed by atoms with Crippen molar-refractivity contribution in [2.75, 3.05) is 12.3 Å². The molecule has 1 saturated carbocycles. The number of nitrogens with two attached hydrogens (primary N) is 1. The monoisotopic (exact) mass is 263 g/mol. The van der Waals surface area contributed by atoms with Gasteiger partial charge in [-0.05, 0) is 12.8 Å². The highest BCUT2D eigenvalue weighted by Crippen LogP contribution is 2.34. The lowest BCUT2D eigenvalue weighted by atomic mass is 9.85. The van der Waals surface area contributed by atoms with Crippen LogP contribution < -0.4 is 11.3 Å². The van der Waals surface area contributed by atoms with Crippen LogP contribution in [0.5, 0.6) is 0 Å². The van der Waals surface area contributed by atoms with Crippen molar-refractivity contribution in [1.29, 1.82) is 0 Å². The Bertz CT molecular complexity index is 647. The van der Waals surface area contributed by atoms with E-state index in [2.05, 4.69) is 15.0 Å². The molecule has 19 heavy (non-hydrogen) atoms. The molecule has 2 aromatic heterocycles. The van der Waals surface area contributed by atoms with Gasteiger partial charge in [-0.2, -0.15) is 4.98 Å². The maximum absolute atomic E-state index is 11.7. The van der Waals surface area contributed by atoms with Gasteiger partial charge in [-0.25, -0.2) is 4.98 Å². The van der Waals surface area contributed by atoms with Crippen LogP contribution in [0.15, 0.2) is 11.1 Å². The molecule has 0 spiro atoms. The predicted octanol–water partition coefficient (Wildman–Crippen LogP) is 0.425. The summed E-state index contributed by atoms with van der Waals surface area (Å²) >= 11 is 0. The highest BCUT2D eigenvalue weighted by Gasteiger charge is 2.27. The maximum atomic E-state index is 11.7. The number of H-pyrrole nitrogens is 1. The Kier molecular flexibility index (Phi) is 2.98. The number of aliphatic hydroxyl groups is 1. The Morgan fingerprint density at radius 2 is 2.26 bits per heavy atom. The summed E-state index contributed by atoms with van der Waals surface area (Å²) in [5, 5.41) is 9.49. The van der Waals surface area contributed by atoms with Gasteiger partial charge in [0.2, 0.25) is 5.95 Å². The molecule has 1 aliphatic carbocycles. The van der Waals surface area contributed by atoms with Gasteiger partial charge in [-0.3, -0.25) is 9.78 Å². The van der Waals surface area contributed by atoms with Gasteiger partial charge in [0, 0.05) is 18.6 Å². The second-order valence-corrected chi connectivity index (χ2v) is 5.07. The molecule has 4 N–H and O–H groups in total. The summed E-state index contributed by atoms with van der Waals surface area (Å²) in [6.45, 7) is 0.142. The van der Waals surface area contributed by atoms with Crippen molar-refractivity contribution in [2.24, 2.45) is 5.92 Å². The molecule has 0 aliphatic heterocycles. The van der Waals surface area contributed by atoms with E-state index in [9.17, 15) is 9.90 Å². The van der Waals surface area contributed by atoms with E-state index in [1.54, 1.807) is 6.33 Å². The number of aromatic amines is 1. The summed E-state index contributed by atoms with van der Waals surface area (Å²) in [6, 6.07) is 0.137. The summed E-state index contributed by atoms with van der Waals surface area (Å²) in [5.41, 5.74) is 6.08. The van der Waals surface area contributed by atoms with Crippen LogP contribution in [0.25, 0.3) is 11.2 Å². The minimum Gasteiger partial charge on any atom is -0.396 e. The van der Waals surface area contributed by atoms with Gasteiger partial charge in [0.05, 0.1) is 6.33 Å². The van der Waals surface area contributed by atoms with Crippen LogP contribution in [0.2, 0.25) is 0 Å². The van der Waals surface area contributed by atoms with Gasteiger partial charge < -0.3 is 15.4 Å². The van der Waals surface area contributed by atoms with E-state index in [1.165, 1.54) is 0 Å². The Morgan fingerprint density at radius 1 is 1.47 bits per heavy atom. The van der Waals surface area contributed by atoms with Crippen LogP contribution in [-0.4, -0.2) is 31.2 Å². The van der Waals surface area contributed by atoms with E-state index in [1.807, 2.05) is 4.57 Å². The van der Waals surface area contributed by atoms with E-state index < -0.39 is 0 Å². The number of nitrogen functional groups attached to an aromatic ring is 1. The lowest BCUT2D eigenvalue weighted by Crippen LogP contribution is -2.26. The number of anilines is 1. The number of rotatable bonds is 2. The molecule has 0 bridgehead atoms. The molecule has 7 nitrogen and oxygen atoms in total. The molecule has 0 unspecified atom stereocenters. The number of aliphatic hydroxyl groups excluding tert-OH is 1. The van der Waals surface area contributed by atoms with Crippen molar-refractivity contribution in [3.05, 3.63) is 16.7 Å². The number of aromatic nitrogens is 4. The van der Waals surface area contributed by atoms with Crippen molar-refractivity contribution < 1.29 is 5.11 Å². The first kappa shape index (κ1) is 12.2. The fraction of sp³-hybridized carbons (Fsp3) is 0.583. The van der Waals surface area contributed by atoms with Crippen LogP contribution >= 0.6 is 0 Å². The largest absolute Gasteiger partial charge is 0.396 e. The Morgan fingerprint density at radius 3 is 3.05 bits per heavy atom. The SMILES string of the molecule is Nc1nc2c(ncn2[C@H]2CCCC[C@H]2CO)c(=O)[nH]1. The molecular weight excluding hydrogens is 246 g/mol. The van der Waals surface area contributed by atoms with E-state index in [-0.39, 0.29) is 30.1 Å². The molecule has 7 heteroatoms. The van der Waals surface area contributed by atoms with Crippen molar-refractivity contribution in [3.63, 3.8) is 0 Å². The van der Waals surface area contributed by atoms with Crippen molar-refractivity contribution in [3.8, 4) is 0 Å². The first-order valence-corrected chi connectivity index (χ1v) is 6.54. The van der Waals surface area contributed by atoms with E-state index in [4.69, 9.17) is 5.73 Å². The van der Waals surface area contributed by atoms with Gasteiger partial charge in [-0.1, -0.05) is 12.8 Å². The zero-order valence-corrected chi connectivity index (χ0v) is 10.5. The quantitative estimate of drug-likeness (QED) is 0.727. The molecule has 102 valence electrons. The number of nitrogens with zero attached hydrogens (tertiary/aromatic N) is 3. The molecule has 2 aromatic rings. The highest BCUT2D eigenvalue weighted by atomic mass is 16.3. The van der Waals surface area contributed by atoms with Gasteiger partial charge in [0.25, 0.3) is 5.56 Å². The fourth-order valence-electron chi connectivity index (χ4n) is 2.95. The maximum Gasteiger partial charge on any atom is 0.280 e. The van der Waals surface area contributed by atoms with Crippen LogP contribution in [0.1, 0.15) is 31.7 Å². The minimum absolute atomic E-state index is 0.0932. The predicted molar refractivity (Wildman–Crippen MR) is 70.6 cm³/mol. The standard InChI is InChI=1S/C12H17N5O2/c13-12-15-10-9(11(19)16-12)14-6-17(10)8-4-2-1-3-7(8)5-18/h6-8,18H,1-5H2,(H3,13,15,16,19)/t7-,8-/m0/s1. The number of nitrogens with one attached hydrogen (secondary N) is 1. The molecule has 1 aliphatic rings. The average molecular weight is 263 g/mol. The molecule has 0 aromatic carbocycles. The molecule has 3 rings (SSSR count). The summed E-state index contributed by atoms with van der Waals surface area (Å²) in [6.07, 6.45) is 5.82. The first-order valence-electron chi connectivity index (χ1n) is 6.54. The zero-order valence-electron chi connectivity index (χ0n) is 10.5. The number of fused-ring (bicyclic) bond motifs is 1. The van der Waals surface area contributed by atoms with Crippen molar-refractivity contribution in [2.45, 2.75) is 31.7 Å². The molecule has 0 saturated heterocycles. The first-order chi connectivity index (χ1) is 9.20.